The van der Waals surface area contributed by atoms with Crippen molar-refractivity contribution in [3.8, 4) is 5.75 Å². The third-order valence-electron chi connectivity index (χ3n) is 4.62. The Bertz CT molecular complexity index is 1380. The molecule has 0 saturated carbocycles. The molecule has 0 saturated heterocycles. The van der Waals surface area contributed by atoms with Gasteiger partial charge in [0.15, 0.2) is 17.3 Å². The number of anilines is 1. The van der Waals surface area contributed by atoms with E-state index in [1.54, 1.807) is 12.1 Å². The van der Waals surface area contributed by atoms with Crippen LogP contribution in [0, 0.1) is 34.9 Å². The Balaban J connectivity index is 1.41. The number of nitrogens with one attached hydrogen (secondary N) is 1. The summed E-state index contributed by atoms with van der Waals surface area (Å²) in [6.45, 7) is -0.492. The molecule has 0 atom stereocenters. The number of furan rings is 1. The molecule has 4 aromatic rings. The highest BCUT2D eigenvalue weighted by Crippen LogP contribution is 2.30. The Morgan fingerprint density at radius 2 is 1.57 bits per heavy atom. The average molecular weight is 516 g/mol. The molecule has 0 fully saturated rings. The number of halogens is 7. The van der Waals surface area contributed by atoms with Gasteiger partial charge in [0, 0.05) is 6.20 Å². The lowest BCUT2D eigenvalue weighted by molar-refractivity contribution is 0.0991. The second-order valence-corrected chi connectivity index (χ2v) is 7.46. The van der Waals surface area contributed by atoms with E-state index in [0.29, 0.717) is 0 Å². The number of hydrogen-bond acceptors (Lipinski definition) is 4. The summed E-state index contributed by atoms with van der Waals surface area (Å²) in [6.07, 6.45) is 1.44. The predicted molar refractivity (Wildman–Crippen MR) is 110 cm³/mol. The number of nitrogens with zero attached hydrogens (tertiary/aromatic N) is 2. The molecule has 35 heavy (non-hydrogen) atoms. The van der Waals surface area contributed by atoms with Gasteiger partial charge in [-0.1, -0.05) is 23.7 Å². The van der Waals surface area contributed by atoms with Crippen LogP contribution in [0.25, 0.3) is 0 Å². The molecule has 2 aromatic heterocycles. The maximum Gasteiger partial charge on any atom is 0.292 e. The summed E-state index contributed by atoms with van der Waals surface area (Å²) >= 11 is 6.09. The largest absolute Gasteiger partial charge is 0.479 e. The van der Waals surface area contributed by atoms with Crippen molar-refractivity contribution >= 4 is 23.3 Å². The Morgan fingerprint density at radius 3 is 2.23 bits per heavy atom. The van der Waals surface area contributed by atoms with Crippen molar-refractivity contribution in [2.24, 2.45) is 0 Å². The SMILES string of the molecule is O=C(Nc1nn(Cc2ccc(F)cc2)cc1Cl)c1ccc(COc2c(F)c(F)c(F)c(F)c2F)o1. The van der Waals surface area contributed by atoms with Gasteiger partial charge < -0.3 is 14.5 Å². The molecule has 0 radical (unpaired) electrons. The van der Waals surface area contributed by atoms with Crippen LogP contribution in [0.3, 0.4) is 0 Å². The molecule has 0 aliphatic rings. The van der Waals surface area contributed by atoms with Crippen molar-refractivity contribution in [3.05, 3.63) is 99.6 Å². The number of carbonyl (C=O) groups is 1. The lowest BCUT2D eigenvalue weighted by Crippen LogP contribution is -2.12. The van der Waals surface area contributed by atoms with Gasteiger partial charge in [0.25, 0.3) is 5.91 Å². The molecule has 0 aliphatic carbocycles. The zero-order valence-corrected chi connectivity index (χ0v) is 18.0. The van der Waals surface area contributed by atoms with E-state index in [4.69, 9.17) is 16.0 Å². The molecule has 0 bridgehead atoms. The molecule has 6 nitrogen and oxygen atoms in total. The lowest BCUT2D eigenvalue weighted by atomic mass is 10.2. The predicted octanol–water partition coefficient (Wildman–Crippen LogP) is 5.84. The quantitative estimate of drug-likeness (QED) is 0.191. The monoisotopic (exact) mass is 515 g/mol. The second-order valence-electron chi connectivity index (χ2n) is 7.06. The van der Waals surface area contributed by atoms with Crippen molar-refractivity contribution in [2.75, 3.05) is 5.32 Å². The molecular formula is C22H12ClF6N3O3. The first-order chi connectivity index (χ1) is 16.6. The summed E-state index contributed by atoms with van der Waals surface area (Å²) in [4.78, 5) is 12.4. The standard InChI is InChI=1S/C22H12ClF6N3O3/c23-13-8-32(7-10-1-3-11(24)4-2-10)31-21(13)30-22(33)14-6-5-12(35-14)9-34-20-18(28)16(26)15(25)17(27)19(20)29/h1-6,8H,7,9H2,(H,30,31,33). The summed E-state index contributed by atoms with van der Waals surface area (Å²) in [6, 6.07) is 8.08. The van der Waals surface area contributed by atoms with Crippen molar-refractivity contribution in [1.82, 2.24) is 9.78 Å². The number of aromatic nitrogens is 2. The molecule has 1 amide bonds. The second kappa shape index (κ2) is 9.74. The van der Waals surface area contributed by atoms with Gasteiger partial charge in [0.05, 0.1) is 6.54 Å². The highest BCUT2D eigenvalue weighted by Gasteiger charge is 2.27. The molecule has 4 rings (SSSR count). The normalized spacial score (nSPS) is 11.1. The van der Waals surface area contributed by atoms with Crippen molar-refractivity contribution in [1.29, 1.82) is 0 Å². The fourth-order valence-electron chi connectivity index (χ4n) is 2.94. The number of carbonyl (C=O) groups excluding carboxylic acids is 1. The maximum absolute atomic E-state index is 13.7. The number of rotatable bonds is 7. The number of benzene rings is 2. The van der Waals surface area contributed by atoms with E-state index in [0.717, 1.165) is 5.56 Å². The smallest absolute Gasteiger partial charge is 0.292 e. The first kappa shape index (κ1) is 24.2. The van der Waals surface area contributed by atoms with Crippen LogP contribution in [0.15, 0.2) is 47.0 Å². The molecule has 0 unspecified atom stereocenters. The summed E-state index contributed by atoms with van der Waals surface area (Å²) in [5.74, 6) is -14.0. The van der Waals surface area contributed by atoms with E-state index in [2.05, 4.69) is 15.2 Å². The van der Waals surface area contributed by atoms with Crippen LogP contribution >= 0.6 is 11.6 Å². The van der Waals surface area contributed by atoms with Gasteiger partial charge in [-0.2, -0.15) is 13.9 Å². The highest BCUT2D eigenvalue weighted by atomic mass is 35.5. The zero-order valence-electron chi connectivity index (χ0n) is 17.2. The topological polar surface area (TPSA) is 69.3 Å². The Kier molecular flexibility index (Phi) is 6.74. The van der Waals surface area contributed by atoms with Crippen LogP contribution < -0.4 is 10.1 Å². The number of ether oxygens (including phenoxy) is 1. The van der Waals surface area contributed by atoms with Gasteiger partial charge in [0.2, 0.25) is 29.1 Å². The van der Waals surface area contributed by atoms with Crippen LogP contribution in [0.5, 0.6) is 5.75 Å². The van der Waals surface area contributed by atoms with Crippen LogP contribution in [0.1, 0.15) is 21.9 Å². The molecule has 0 aliphatic heterocycles. The van der Waals surface area contributed by atoms with Crippen LogP contribution in [0.2, 0.25) is 5.02 Å². The highest BCUT2D eigenvalue weighted by molar-refractivity contribution is 6.33. The van der Waals surface area contributed by atoms with Gasteiger partial charge in [-0.25, -0.2) is 17.6 Å². The lowest BCUT2D eigenvalue weighted by Gasteiger charge is -2.09. The summed E-state index contributed by atoms with van der Waals surface area (Å²) in [5.41, 5.74) is 0.730. The van der Waals surface area contributed by atoms with Gasteiger partial charge in [-0.05, 0) is 29.8 Å². The third-order valence-corrected chi connectivity index (χ3v) is 4.90. The Labute approximate surface area is 197 Å². The van der Waals surface area contributed by atoms with Gasteiger partial charge in [-0.3, -0.25) is 9.48 Å². The molecule has 2 heterocycles. The van der Waals surface area contributed by atoms with Crippen LogP contribution in [-0.4, -0.2) is 15.7 Å². The summed E-state index contributed by atoms with van der Waals surface area (Å²) in [5, 5.41) is 6.64. The zero-order chi connectivity index (χ0) is 25.3. The third kappa shape index (κ3) is 5.11. The minimum absolute atomic E-state index is 0.00520. The van der Waals surface area contributed by atoms with E-state index in [9.17, 15) is 31.1 Å². The Hall–Kier alpha value is -3.93. The first-order valence-corrected chi connectivity index (χ1v) is 10.0. The number of hydrogen-bond donors (Lipinski definition) is 1. The molecule has 182 valence electrons. The van der Waals surface area contributed by atoms with E-state index in [-0.39, 0.29) is 28.9 Å². The van der Waals surface area contributed by atoms with E-state index in [1.165, 1.54) is 35.1 Å². The molecular weight excluding hydrogens is 504 g/mol. The van der Waals surface area contributed by atoms with Crippen molar-refractivity contribution < 1.29 is 40.3 Å². The minimum atomic E-state index is -2.32. The summed E-state index contributed by atoms with van der Waals surface area (Å²) in [7, 11) is 0. The minimum Gasteiger partial charge on any atom is -0.479 e. The van der Waals surface area contributed by atoms with E-state index in [1.807, 2.05) is 0 Å². The fraction of sp³-hybridized carbons (Fsp3) is 0.0909. The first-order valence-electron chi connectivity index (χ1n) is 9.65. The fourth-order valence-corrected chi connectivity index (χ4v) is 3.14. The molecule has 0 spiro atoms. The van der Waals surface area contributed by atoms with Crippen LogP contribution in [0.4, 0.5) is 32.2 Å². The van der Waals surface area contributed by atoms with Crippen LogP contribution in [-0.2, 0) is 13.2 Å². The molecule has 2 aromatic carbocycles. The van der Waals surface area contributed by atoms with Gasteiger partial charge >= 0.3 is 0 Å². The number of amides is 1. The Morgan fingerprint density at radius 1 is 0.943 bits per heavy atom. The maximum atomic E-state index is 13.7. The van der Waals surface area contributed by atoms with E-state index < -0.39 is 53.2 Å². The molecule has 1 N–H and O–H groups in total. The van der Waals surface area contributed by atoms with Gasteiger partial charge in [0.1, 0.15) is 23.2 Å². The van der Waals surface area contributed by atoms with Crippen molar-refractivity contribution in [3.63, 3.8) is 0 Å². The molecule has 13 heteroatoms. The average Bonchev–Trinajstić information content (AvgIpc) is 3.44. The summed E-state index contributed by atoms with van der Waals surface area (Å²) < 4.78 is 91.4. The van der Waals surface area contributed by atoms with Gasteiger partial charge in [-0.15, -0.1) is 0 Å². The van der Waals surface area contributed by atoms with Crippen molar-refractivity contribution in [2.45, 2.75) is 13.2 Å². The van der Waals surface area contributed by atoms with E-state index >= 15 is 0 Å².